The predicted octanol–water partition coefficient (Wildman–Crippen LogP) is 4.61. The first-order chi connectivity index (χ1) is 16.2. The van der Waals surface area contributed by atoms with Crippen LogP contribution in [0, 0.1) is 6.92 Å². The number of aliphatic imine (C=N–C) groups is 1. The van der Waals surface area contributed by atoms with Crippen LogP contribution in [-0.4, -0.2) is 61.5 Å². The number of para-hydroxylation sites is 1. The van der Waals surface area contributed by atoms with E-state index in [9.17, 15) is 4.79 Å². The Morgan fingerprint density at radius 3 is 2.67 bits per heavy atom. The lowest BCUT2D eigenvalue weighted by molar-refractivity contribution is -0.123. The lowest BCUT2D eigenvalue weighted by Gasteiger charge is -2.29. The van der Waals surface area contributed by atoms with Crippen molar-refractivity contribution in [1.82, 2.24) is 4.90 Å². The van der Waals surface area contributed by atoms with Gasteiger partial charge >= 0.3 is 0 Å². The van der Waals surface area contributed by atoms with Crippen LogP contribution in [0.15, 0.2) is 58.4 Å². The Bertz CT molecular complexity index is 1060. The monoisotopic (exact) mass is 463 g/mol. The van der Waals surface area contributed by atoms with Crippen LogP contribution in [0.5, 0.6) is 0 Å². The fraction of sp³-hybridized carbons (Fsp3) is 0.385. The van der Waals surface area contributed by atoms with Gasteiger partial charge in [0, 0.05) is 25.4 Å². The summed E-state index contributed by atoms with van der Waals surface area (Å²) in [6.07, 6.45) is 4.10. The zero-order valence-electron chi connectivity index (χ0n) is 18.9. The fourth-order valence-corrected chi connectivity index (χ4v) is 5.34. The molecule has 1 amide bonds. The van der Waals surface area contributed by atoms with Gasteiger partial charge in [-0.15, -0.1) is 0 Å². The van der Waals surface area contributed by atoms with Crippen molar-refractivity contribution in [1.29, 1.82) is 0 Å². The molecule has 3 heterocycles. The predicted molar refractivity (Wildman–Crippen MR) is 134 cm³/mol. The molecule has 5 rings (SSSR count). The Balaban J connectivity index is 1.41. The van der Waals surface area contributed by atoms with Crippen molar-refractivity contribution in [3.8, 4) is 0 Å². The number of aryl methyl sites for hydroxylation is 1. The standard InChI is InChI=1S/C26H29N3O3S/c1-19-16-22(28-11-14-31-15-12-28)10-9-20(19)17-24-25(30)29(18-23-8-5-13-32-23)26(33-24)27-21-6-3-2-4-7-21/h2-4,6-7,9-10,16-17,23H,5,8,11-15,18H2,1H3/b24-17-,27-26?/t23-/m1/s1. The van der Waals surface area contributed by atoms with Crippen molar-refractivity contribution < 1.29 is 14.3 Å². The van der Waals surface area contributed by atoms with Gasteiger partial charge in [-0.1, -0.05) is 24.3 Å². The van der Waals surface area contributed by atoms with Crippen LogP contribution in [0.25, 0.3) is 6.08 Å². The van der Waals surface area contributed by atoms with E-state index in [4.69, 9.17) is 14.5 Å². The van der Waals surface area contributed by atoms with E-state index < -0.39 is 0 Å². The van der Waals surface area contributed by atoms with Crippen LogP contribution in [-0.2, 0) is 14.3 Å². The van der Waals surface area contributed by atoms with Gasteiger partial charge in [0.1, 0.15) is 0 Å². The minimum atomic E-state index is 0.00170. The number of hydrogen-bond donors (Lipinski definition) is 0. The largest absolute Gasteiger partial charge is 0.378 e. The van der Waals surface area contributed by atoms with Crippen molar-refractivity contribution in [2.45, 2.75) is 25.9 Å². The number of morpholine rings is 1. The molecule has 0 unspecified atom stereocenters. The molecule has 3 saturated heterocycles. The SMILES string of the molecule is Cc1cc(N2CCOCC2)ccc1/C=C1\SC(=Nc2ccccc2)N(C[C@H]2CCCO2)C1=O. The maximum Gasteiger partial charge on any atom is 0.266 e. The number of anilines is 1. The van der Waals surface area contributed by atoms with Gasteiger partial charge in [-0.3, -0.25) is 9.69 Å². The Hall–Kier alpha value is -2.61. The van der Waals surface area contributed by atoms with Crippen molar-refractivity contribution in [3.63, 3.8) is 0 Å². The molecule has 0 saturated carbocycles. The molecule has 33 heavy (non-hydrogen) atoms. The molecule has 0 bridgehead atoms. The Morgan fingerprint density at radius 2 is 1.94 bits per heavy atom. The Labute approximate surface area is 199 Å². The number of hydrogen-bond acceptors (Lipinski definition) is 6. The smallest absolute Gasteiger partial charge is 0.266 e. The molecular weight excluding hydrogens is 434 g/mol. The quantitative estimate of drug-likeness (QED) is 0.606. The lowest BCUT2D eigenvalue weighted by atomic mass is 10.1. The van der Waals surface area contributed by atoms with Crippen molar-refractivity contribution >= 4 is 40.3 Å². The summed E-state index contributed by atoms with van der Waals surface area (Å²) in [6.45, 7) is 6.76. The van der Waals surface area contributed by atoms with E-state index >= 15 is 0 Å². The summed E-state index contributed by atoms with van der Waals surface area (Å²) >= 11 is 1.45. The Kier molecular flexibility index (Phi) is 6.80. The van der Waals surface area contributed by atoms with Gasteiger partial charge in [0.2, 0.25) is 0 Å². The molecule has 3 fully saturated rings. The van der Waals surface area contributed by atoms with Crippen LogP contribution in [0.2, 0.25) is 0 Å². The van der Waals surface area contributed by atoms with Gasteiger partial charge in [0.05, 0.1) is 36.5 Å². The van der Waals surface area contributed by atoms with Crippen LogP contribution >= 0.6 is 11.8 Å². The highest BCUT2D eigenvalue weighted by atomic mass is 32.2. The number of amides is 1. The van der Waals surface area contributed by atoms with E-state index in [2.05, 4.69) is 30.0 Å². The third-order valence-electron chi connectivity index (χ3n) is 6.20. The maximum absolute atomic E-state index is 13.4. The molecule has 3 aliphatic rings. The van der Waals surface area contributed by atoms with Gasteiger partial charge < -0.3 is 14.4 Å². The van der Waals surface area contributed by atoms with Gasteiger partial charge in [-0.05, 0) is 73.0 Å². The molecule has 172 valence electrons. The minimum Gasteiger partial charge on any atom is -0.378 e. The first-order valence-corrected chi connectivity index (χ1v) is 12.4. The number of benzene rings is 2. The first-order valence-electron chi connectivity index (χ1n) is 11.6. The molecule has 1 atom stereocenters. The second-order valence-electron chi connectivity index (χ2n) is 8.53. The number of thioether (sulfide) groups is 1. The van der Waals surface area contributed by atoms with Crippen LogP contribution < -0.4 is 4.90 Å². The van der Waals surface area contributed by atoms with Crippen molar-refractivity contribution in [2.75, 3.05) is 44.4 Å². The third-order valence-corrected chi connectivity index (χ3v) is 7.20. The number of carbonyl (C=O) groups excluding carboxylic acids is 1. The number of ether oxygens (including phenoxy) is 2. The normalized spacial score (nSPS) is 23.8. The number of rotatable bonds is 5. The van der Waals surface area contributed by atoms with Gasteiger partial charge in [-0.2, -0.15) is 0 Å². The summed E-state index contributed by atoms with van der Waals surface area (Å²) in [4.78, 5) is 23.0. The van der Waals surface area contributed by atoms with E-state index in [1.807, 2.05) is 36.4 Å². The van der Waals surface area contributed by atoms with Crippen molar-refractivity contribution in [3.05, 3.63) is 64.6 Å². The molecule has 0 spiro atoms. The van der Waals surface area contributed by atoms with E-state index in [1.54, 1.807) is 4.90 Å². The molecular formula is C26H29N3O3S. The van der Waals surface area contributed by atoms with E-state index in [0.717, 1.165) is 67.7 Å². The van der Waals surface area contributed by atoms with Gasteiger partial charge in [0.15, 0.2) is 5.17 Å². The summed E-state index contributed by atoms with van der Waals surface area (Å²) in [5.41, 5.74) is 4.26. The molecule has 0 radical (unpaired) electrons. The molecule has 3 aliphatic heterocycles. The van der Waals surface area contributed by atoms with E-state index in [1.165, 1.54) is 17.4 Å². The number of amidine groups is 1. The highest BCUT2D eigenvalue weighted by Crippen LogP contribution is 2.36. The zero-order valence-corrected chi connectivity index (χ0v) is 19.7. The molecule has 0 aromatic heterocycles. The summed E-state index contributed by atoms with van der Waals surface area (Å²) in [7, 11) is 0. The second kappa shape index (κ2) is 10.1. The summed E-state index contributed by atoms with van der Waals surface area (Å²) in [6, 6.07) is 16.2. The number of carbonyl (C=O) groups is 1. The average Bonchev–Trinajstić information content (AvgIpc) is 3.46. The number of nitrogens with zero attached hydrogens (tertiary/aromatic N) is 3. The molecule has 6 nitrogen and oxygen atoms in total. The van der Waals surface area contributed by atoms with Crippen LogP contribution in [0.1, 0.15) is 24.0 Å². The van der Waals surface area contributed by atoms with Crippen LogP contribution in [0.4, 0.5) is 11.4 Å². The summed E-state index contributed by atoms with van der Waals surface area (Å²) in [5.74, 6) is 0.00170. The lowest BCUT2D eigenvalue weighted by Crippen LogP contribution is -2.36. The minimum absolute atomic E-state index is 0.00170. The molecule has 2 aromatic rings. The first kappa shape index (κ1) is 22.2. The summed E-state index contributed by atoms with van der Waals surface area (Å²) in [5, 5.41) is 0.718. The van der Waals surface area contributed by atoms with Crippen LogP contribution in [0.3, 0.4) is 0 Å². The van der Waals surface area contributed by atoms with E-state index in [-0.39, 0.29) is 12.0 Å². The van der Waals surface area contributed by atoms with Crippen molar-refractivity contribution in [2.24, 2.45) is 4.99 Å². The molecule has 0 N–H and O–H groups in total. The van der Waals surface area contributed by atoms with E-state index in [0.29, 0.717) is 11.4 Å². The molecule has 0 aliphatic carbocycles. The van der Waals surface area contributed by atoms with Gasteiger partial charge in [0.25, 0.3) is 5.91 Å². The second-order valence-corrected chi connectivity index (χ2v) is 9.54. The maximum atomic E-state index is 13.4. The highest BCUT2D eigenvalue weighted by molar-refractivity contribution is 8.18. The topological polar surface area (TPSA) is 54.4 Å². The third kappa shape index (κ3) is 5.16. The van der Waals surface area contributed by atoms with Gasteiger partial charge in [-0.25, -0.2) is 4.99 Å². The molecule has 7 heteroatoms. The zero-order chi connectivity index (χ0) is 22.6. The highest BCUT2D eigenvalue weighted by Gasteiger charge is 2.36. The fourth-order valence-electron chi connectivity index (χ4n) is 4.34. The summed E-state index contributed by atoms with van der Waals surface area (Å²) < 4.78 is 11.3. The Morgan fingerprint density at radius 1 is 1.12 bits per heavy atom. The average molecular weight is 464 g/mol. The molecule has 2 aromatic carbocycles.